The number of nitro groups is 1. The van der Waals surface area contributed by atoms with Crippen LogP contribution in [-0.2, 0) is 13.5 Å². The van der Waals surface area contributed by atoms with Gasteiger partial charge in [0.2, 0.25) is 0 Å². The van der Waals surface area contributed by atoms with Crippen LogP contribution in [0, 0.1) is 10.1 Å². The maximum absolute atomic E-state index is 11.1. The topological polar surface area (TPSA) is 48.1 Å². The minimum atomic E-state index is -0.520. The van der Waals surface area contributed by atoms with Gasteiger partial charge < -0.3 is 4.57 Å². The van der Waals surface area contributed by atoms with E-state index in [0.29, 0.717) is 17.1 Å². The molecule has 0 fully saturated rings. The molecule has 1 aromatic heterocycles. The van der Waals surface area contributed by atoms with Crippen LogP contribution in [0.15, 0.2) is 24.3 Å². The lowest BCUT2D eigenvalue weighted by atomic mass is 10.1. The van der Waals surface area contributed by atoms with Gasteiger partial charge in [-0.05, 0) is 17.7 Å². The summed E-state index contributed by atoms with van der Waals surface area (Å²) in [6.45, 7) is 0. The van der Waals surface area contributed by atoms with Crippen molar-refractivity contribution in [1.82, 2.24) is 4.57 Å². The van der Waals surface area contributed by atoms with Gasteiger partial charge in [-0.1, -0.05) is 46.9 Å². The molecule has 0 aliphatic heterocycles. The van der Waals surface area contributed by atoms with Gasteiger partial charge in [-0.2, -0.15) is 0 Å². The third-order valence-corrected chi connectivity index (χ3v) is 3.94. The van der Waals surface area contributed by atoms with Crippen LogP contribution in [0.4, 0.5) is 5.69 Å². The van der Waals surface area contributed by atoms with Crippen molar-refractivity contribution in [3.8, 4) is 0 Å². The fourth-order valence-corrected chi connectivity index (χ4v) is 2.59. The zero-order chi connectivity index (χ0) is 14.2. The fourth-order valence-electron chi connectivity index (χ4n) is 1.88. The number of hydrogen-bond acceptors (Lipinski definition) is 2. The van der Waals surface area contributed by atoms with E-state index < -0.39 is 4.92 Å². The Morgan fingerprint density at radius 1 is 1.32 bits per heavy atom. The number of benzene rings is 1. The summed E-state index contributed by atoms with van der Waals surface area (Å²) >= 11 is 17.7. The average molecular weight is 320 g/mol. The number of rotatable bonds is 3. The van der Waals surface area contributed by atoms with Gasteiger partial charge in [0.25, 0.3) is 0 Å². The van der Waals surface area contributed by atoms with Crippen LogP contribution in [0.3, 0.4) is 0 Å². The molecule has 0 spiro atoms. The lowest BCUT2D eigenvalue weighted by Crippen LogP contribution is -2.01. The molecule has 0 saturated carbocycles. The summed E-state index contributed by atoms with van der Waals surface area (Å²) in [6.07, 6.45) is 0.333. The number of aromatic nitrogens is 1. The second kappa shape index (κ2) is 5.41. The third-order valence-electron chi connectivity index (χ3n) is 2.80. The molecule has 0 radical (unpaired) electrons. The molecule has 0 atom stereocenters. The highest BCUT2D eigenvalue weighted by molar-refractivity contribution is 6.43. The molecule has 7 heteroatoms. The molecule has 100 valence electrons. The van der Waals surface area contributed by atoms with Crippen molar-refractivity contribution in [3.05, 3.63) is 60.8 Å². The molecule has 0 amide bonds. The lowest BCUT2D eigenvalue weighted by molar-refractivity contribution is -0.385. The zero-order valence-electron chi connectivity index (χ0n) is 9.86. The molecule has 0 aliphatic carbocycles. The summed E-state index contributed by atoms with van der Waals surface area (Å²) in [5.41, 5.74) is 1.14. The van der Waals surface area contributed by atoms with E-state index in [1.165, 1.54) is 4.57 Å². The van der Waals surface area contributed by atoms with Crippen molar-refractivity contribution < 1.29 is 4.92 Å². The first-order valence-electron chi connectivity index (χ1n) is 5.33. The van der Waals surface area contributed by atoms with E-state index in [4.69, 9.17) is 34.8 Å². The van der Waals surface area contributed by atoms with E-state index in [1.807, 2.05) is 6.07 Å². The largest absolute Gasteiger partial charge is 0.331 e. The van der Waals surface area contributed by atoms with Crippen LogP contribution < -0.4 is 0 Å². The SMILES string of the molecule is Cn1c(Cl)c(Cl)c([N+](=O)[O-])c1Cc1cccc(Cl)c1. The van der Waals surface area contributed by atoms with Gasteiger partial charge >= 0.3 is 5.69 Å². The summed E-state index contributed by atoms with van der Waals surface area (Å²) in [7, 11) is 1.64. The Morgan fingerprint density at radius 2 is 2.00 bits per heavy atom. The van der Waals surface area contributed by atoms with Gasteiger partial charge in [-0.3, -0.25) is 10.1 Å². The number of nitrogens with zero attached hydrogens (tertiary/aromatic N) is 2. The first-order valence-corrected chi connectivity index (χ1v) is 6.46. The van der Waals surface area contributed by atoms with Crippen LogP contribution in [0.5, 0.6) is 0 Å². The van der Waals surface area contributed by atoms with Gasteiger partial charge in [-0.25, -0.2) is 0 Å². The normalized spacial score (nSPS) is 10.7. The molecule has 4 nitrogen and oxygen atoms in total. The molecule has 0 N–H and O–H groups in total. The van der Waals surface area contributed by atoms with Crippen molar-refractivity contribution in [2.45, 2.75) is 6.42 Å². The monoisotopic (exact) mass is 318 g/mol. The van der Waals surface area contributed by atoms with Crippen LogP contribution in [0.25, 0.3) is 0 Å². The number of halogens is 3. The maximum Gasteiger partial charge on any atom is 0.310 e. The Bertz CT molecular complexity index is 653. The standard InChI is InChI=1S/C12H9Cl3N2O2/c1-16-9(6-7-3-2-4-8(13)5-7)11(17(18)19)10(14)12(16)15/h2-5H,6H2,1H3. The van der Waals surface area contributed by atoms with E-state index in [-0.39, 0.29) is 15.9 Å². The van der Waals surface area contributed by atoms with Crippen LogP contribution in [0.2, 0.25) is 15.2 Å². The van der Waals surface area contributed by atoms with Crippen LogP contribution in [0.1, 0.15) is 11.3 Å². The highest BCUT2D eigenvalue weighted by Crippen LogP contribution is 2.38. The zero-order valence-corrected chi connectivity index (χ0v) is 12.1. The Hall–Kier alpha value is -1.23. The summed E-state index contributed by atoms with van der Waals surface area (Å²) in [5.74, 6) is 0. The van der Waals surface area contributed by atoms with E-state index in [1.54, 1.807) is 25.2 Å². The molecule has 0 unspecified atom stereocenters. The number of hydrogen-bond donors (Lipinski definition) is 0. The van der Waals surface area contributed by atoms with Crippen molar-refractivity contribution in [3.63, 3.8) is 0 Å². The van der Waals surface area contributed by atoms with Crippen molar-refractivity contribution in [1.29, 1.82) is 0 Å². The second-order valence-electron chi connectivity index (χ2n) is 4.02. The van der Waals surface area contributed by atoms with Gasteiger partial charge in [0.1, 0.15) is 10.8 Å². The minimum absolute atomic E-state index is 0.0359. The predicted octanol–water partition coefficient (Wildman–Crippen LogP) is 4.48. The van der Waals surface area contributed by atoms with Crippen molar-refractivity contribution in [2.75, 3.05) is 0 Å². The summed E-state index contributed by atoms with van der Waals surface area (Å²) in [6, 6.07) is 7.12. The van der Waals surface area contributed by atoms with E-state index in [9.17, 15) is 10.1 Å². The molecular formula is C12H9Cl3N2O2. The van der Waals surface area contributed by atoms with Crippen molar-refractivity contribution in [2.24, 2.45) is 7.05 Å². The van der Waals surface area contributed by atoms with Gasteiger partial charge in [0, 0.05) is 18.5 Å². The van der Waals surface area contributed by atoms with Gasteiger partial charge in [0.15, 0.2) is 5.02 Å². The van der Waals surface area contributed by atoms with Crippen molar-refractivity contribution >= 4 is 40.5 Å². The average Bonchev–Trinajstić information content (AvgIpc) is 2.54. The lowest BCUT2D eigenvalue weighted by Gasteiger charge is -2.04. The summed E-state index contributed by atoms with van der Waals surface area (Å²) in [4.78, 5) is 10.6. The van der Waals surface area contributed by atoms with Crippen LogP contribution in [-0.4, -0.2) is 9.49 Å². The molecular weight excluding hydrogens is 311 g/mol. The Labute approximate surface area is 124 Å². The van der Waals surface area contributed by atoms with E-state index >= 15 is 0 Å². The van der Waals surface area contributed by atoms with Gasteiger partial charge in [-0.15, -0.1) is 0 Å². The quantitative estimate of drug-likeness (QED) is 0.618. The summed E-state index contributed by atoms with van der Waals surface area (Å²) in [5, 5.41) is 11.8. The first kappa shape index (κ1) is 14.2. The summed E-state index contributed by atoms with van der Waals surface area (Å²) < 4.78 is 1.52. The van der Waals surface area contributed by atoms with Gasteiger partial charge in [0.05, 0.1) is 4.92 Å². The highest BCUT2D eigenvalue weighted by Gasteiger charge is 2.27. The Morgan fingerprint density at radius 3 is 2.58 bits per heavy atom. The molecule has 0 aliphatic rings. The van der Waals surface area contributed by atoms with E-state index in [0.717, 1.165) is 5.56 Å². The predicted molar refractivity (Wildman–Crippen MR) is 76.3 cm³/mol. The smallest absolute Gasteiger partial charge is 0.310 e. The molecule has 2 aromatic rings. The molecule has 0 saturated heterocycles. The molecule has 19 heavy (non-hydrogen) atoms. The Balaban J connectivity index is 2.51. The third kappa shape index (κ3) is 2.71. The van der Waals surface area contributed by atoms with Crippen LogP contribution >= 0.6 is 34.8 Å². The maximum atomic E-state index is 11.1. The fraction of sp³-hybridized carbons (Fsp3) is 0.167. The highest BCUT2D eigenvalue weighted by atomic mass is 35.5. The van der Waals surface area contributed by atoms with E-state index in [2.05, 4.69) is 0 Å². The molecule has 1 heterocycles. The minimum Gasteiger partial charge on any atom is -0.331 e. The second-order valence-corrected chi connectivity index (χ2v) is 5.20. The molecule has 1 aromatic carbocycles. The molecule has 0 bridgehead atoms. The Kier molecular flexibility index (Phi) is 4.04. The molecule has 2 rings (SSSR count). The first-order chi connectivity index (χ1) is 8.91.